The van der Waals surface area contributed by atoms with Gasteiger partial charge in [-0.2, -0.15) is 0 Å². The van der Waals surface area contributed by atoms with Crippen LogP contribution in [0, 0.1) is 11.2 Å². The molecule has 0 radical (unpaired) electrons. The van der Waals surface area contributed by atoms with Gasteiger partial charge in [-0.1, -0.05) is 39.0 Å². The van der Waals surface area contributed by atoms with Crippen LogP contribution in [0.3, 0.4) is 0 Å². The van der Waals surface area contributed by atoms with E-state index in [0.717, 1.165) is 30.2 Å². The van der Waals surface area contributed by atoms with Crippen molar-refractivity contribution >= 4 is 20.7 Å². The molecule has 0 aliphatic heterocycles. The van der Waals surface area contributed by atoms with E-state index in [1.54, 1.807) is 0 Å². The van der Waals surface area contributed by atoms with Gasteiger partial charge in [0.15, 0.2) is 0 Å². The van der Waals surface area contributed by atoms with E-state index < -0.39 is 15.7 Å². The Balaban J connectivity index is 1.95. The standard InChI is InChI=1S/C21H25FN2O2S/c1-21(2,3)14-23-11-10-15-6-4-9-18-20(15)19(13-24-18)27(25,26)17-8-5-7-16(22)12-17/h4-9,12-13,23-24H,10-11,14H2,1-3H3. The molecule has 4 nitrogen and oxygen atoms in total. The van der Waals surface area contributed by atoms with Crippen molar-refractivity contribution in [1.29, 1.82) is 0 Å². The first-order chi connectivity index (χ1) is 12.7. The fraction of sp³-hybridized carbons (Fsp3) is 0.333. The highest BCUT2D eigenvalue weighted by atomic mass is 32.2. The monoisotopic (exact) mass is 388 g/mol. The van der Waals surface area contributed by atoms with E-state index >= 15 is 0 Å². The molecule has 0 bridgehead atoms. The van der Waals surface area contributed by atoms with Gasteiger partial charge in [0, 0.05) is 23.6 Å². The molecule has 144 valence electrons. The number of rotatable bonds is 6. The van der Waals surface area contributed by atoms with Crippen LogP contribution in [0.5, 0.6) is 0 Å². The molecule has 2 aromatic carbocycles. The summed E-state index contributed by atoms with van der Waals surface area (Å²) in [6.45, 7) is 8.12. The summed E-state index contributed by atoms with van der Waals surface area (Å²) in [5, 5.41) is 4.10. The number of hydrogen-bond acceptors (Lipinski definition) is 3. The van der Waals surface area contributed by atoms with E-state index in [1.807, 2.05) is 18.2 Å². The highest BCUT2D eigenvalue weighted by Crippen LogP contribution is 2.31. The van der Waals surface area contributed by atoms with Crippen LogP contribution in [-0.4, -0.2) is 26.5 Å². The van der Waals surface area contributed by atoms with Crippen molar-refractivity contribution in [3.63, 3.8) is 0 Å². The summed E-state index contributed by atoms with van der Waals surface area (Å²) in [4.78, 5) is 3.19. The zero-order valence-corrected chi connectivity index (χ0v) is 16.7. The summed E-state index contributed by atoms with van der Waals surface area (Å²) in [6, 6.07) is 10.8. The van der Waals surface area contributed by atoms with Gasteiger partial charge in [-0.25, -0.2) is 12.8 Å². The number of fused-ring (bicyclic) bond motifs is 1. The Morgan fingerprint density at radius 1 is 1.11 bits per heavy atom. The third kappa shape index (κ3) is 4.39. The molecule has 3 rings (SSSR count). The van der Waals surface area contributed by atoms with Gasteiger partial charge in [-0.05, 0) is 48.2 Å². The van der Waals surface area contributed by atoms with Crippen LogP contribution in [0.4, 0.5) is 4.39 Å². The minimum Gasteiger partial charge on any atom is -0.360 e. The molecule has 2 N–H and O–H groups in total. The van der Waals surface area contributed by atoms with Crippen LogP contribution in [-0.2, 0) is 16.3 Å². The summed E-state index contributed by atoms with van der Waals surface area (Å²) in [7, 11) is -3.81. The first kappa shape index (κ1) is 19.6. The minimum absolute atomic E-state index is 0.0379. The van der Waals surface area contributed by atoms with Crippen molar-refractivity contribution < 1.29 is 12.8 Å². The predicted molar refractivity (Wildman–Crippen MR) is 106 cm³/mol. The number of halogens is 1. The maximum atomic E-state index is 13.6. The molecular formula is C21H25FN2O2S. The molecule has 0 saturated carbocycles. The summed E-state index contributed by atoms with van der Waals surface area (Å²) in [6.07, 6.45) is 2.20. The maximum absolute atomic E-state index is 13.6. The molecule has 3 aromatic rings. The lowest BCUT2D eigenvalue weighted by molar-refractivity contribution is 0.382. The quantitative estimate of drug-likeness (QED) is 0.618. The molecule has 0 fully saturated rings. The molecule has 27 heavy (non-hydrogen) atoms. The average molecular weight is 389 g/mol. The molecule has 0 unspecified atom stereocenters. The lowest BCUT2D eigenvalue weighted by Crippen LogP contribution is -2.28. The topological polar surface area (TPSA) is 62.0 Å². The molecule has 0 spiro atoms. The summed E-state index contributed by atoms with van der Waals surface area (Å²) < 4.78 is 39.7. The maximum Gasteiger partial charge on any atom is 0.208 e. The Labute approximate surface area is 159 Å². The van der Waals surface area contributed by atoms with Gasteiger partial charge in [0.1, 0.15) is 5.82 Å². The molecule has 1 heterocycles. The minimum atomic E-state index is -3.81. The fourth-order valence-electron chi connectivity index (χ4n) is 3.09. The van der Waals surface area contributed by atoms with Crippen LogP contribution in [0.15, 0.2) is 58.5 Å². The molecule has 0 atom stereocenters. The summed E-state index contributed by atoms with van der Waals surface area (Å²) in [5.41, 5.74) is 1.90. The van der Waals surface area contributed by atoms with Crippen molar-refractivity contribution in [2.75, 3.05) is 13.1 Å². The largest absolute Gasteiger partial charge is 0.360 e. The van der Waals surface area contributed by atoms with Gasteiger partial charge in [-0.3, -0.25) is 0 Å². The molecular weight excluding hydrogens is 363 g/mol. The second-order valence-electron chi connectivity index (χ2n) is 7.94. The second-order valence-corrected chi connectivity index (χ2v) is 9.86. The van der Waals surface area contributed by atoms with E-state index in [9.17, 15) is 12.8 Å². The Morgan fingerprint density at radius 3 is 2.56 bits per heavy atom. The summed E-state index contributed by atoms with van der Waals surface area (Å²) in [5.74, 6) is -0.567. The van der Waals surface area contributed by atoms with Crippen LogP contribution < -0.4 is 5.32 Å². The first-order valence-corrected chi connectivity index (χ1v) is 10.5. The molecule has 1 aromatic heterocycles. The van der Waals surface area contributed by atoms with Crippen LogP contribution in [0.2, 0.25) is 0 Å². The number of aromatic nitrogens is 1. The highest BCUT2D eigenvalue weighted by Gasteiger charge is 2.23. The number of hydrogen-bond donors (Lipinski definition) is 2. The Hall–Kier alpha value is -2.18. The number of H-pyrrole nitrogens is 1. The molecule has 6 heteroatoms. The lowest BCUT2D eigenvalue weighted by atomic mass is 9.97. The van der Waals surface area contributed by atoms with Crippen LogP contribution in [0.25, 0.3) is 10.9 Å². The van der Waals surface area contributed by atoms with Crippen molar-refractivity contribution in [2.24, 2.45) is 5.41 Å². The van der Waals surface area contributed by atoms with Gasteiger partial charge in [0.05, 0.1) is 9.79 Å². The number of sulfone groups is 1. The van der Waals surface area contributed by atoms with Crippen LogP contribution >= 0.6 is 0 Å². The van der Waals surface area contributed by atoms with Crippen molar-refractivity contribution in [2.45, 2.75) is 37.0 Å². The van der Waals surface area contributed by atoms with Crippen molar-refractivity contribution in [3.8, 4) is 0 Å². The van der Waals surface area contributed by atoms with Gasteiger partial charge in [0.25, 0.3) is 0 Å². The summed E-state index contributed by atoms with van der Waals surface area (Å²) >= 11 is 0. The van der Waals surface area contributed by atoms with E-state index in [0.29, 0.717) is 11.8 Å². The smallest absolute Gasteiger partial charge is 0.208 e. The van der Waals surface area contributed by atoms with E-state index in [-0.39, 0.29) is 15.2 Å². The van der Waals surface area contributed by atoms with E-state index in [4.69, 9.17) is 0 Å². The first-order valence-electron chi connectivity index (χ1n) is 8.99. The predicted octanol–water partition coefficient (Wildman–Crippen LogP) is 4.32. The fourth-order valence-corrected chi connectivity index (χ4v) is 4.60. The average Bonchev–Trinajstić information content (AvgIpc) is 3.03. The van der Waals surface area contributed by atoms with Crippen molar-refractivity contribution in [3.05, 3.63) is 60.0 Å². The number of nitrogens with one attached hydrogen (secondary N) is 2. The second kappa shape index (κ2) is 7.44. The molecule has 0 amide bonds. The molecule has 0 aliphatic rings. The normalized spacial score (nSPS) is 12.6. The van der Waals surface area contributed by atoms with Gasteiger partial charge < -0.3 is 10.3 Å². The highest BCUT2D eigenvalue weighted by molar-refractivity contribution is 7.91. The number of aromatic amines is 1. The Morgan fingerprint density at radius 2 is 1.85 bits per heavy atom. The zero-order valence-electron chi connectivity index (χ0n) is 15.8. The third-order valence-electron chi connectivity index (χ3n) is 4.38. The molecule has 0 aliphatic carbocycles. The number of benzene rings is 2. The Bertz CT molecular complexity index is 1050. The molecule has 0 saturated heterocycles. The Kier molecular flexibility index (Phi) is 5.40. The zero-order chi connectivity index (χ0) is 19.7. The third-order valence-corrected chi connectivity index (χ3v) is 6.15. The van der Waals surface area contributed by atoms with Crippen molar-refractivity contribution in [1.82, 2.24) is 10.3 Å². The van der Waals surface area contributed by atoms with Crippen LogP contribution in [0.1, 0.15) is 26.3 Å². The van der Waals surface area contributed by atoms with Gasteiger partial charge in [0.2, 0.25) is 9.84 Å². The van der Waals surface area contributed by atoms with Gasteiger partial charge in [-0.15, -0.1) is 0 Å². The van der Waals surface area contributed by atoms with E-state index in [1.165, 1.54) is 24.4 Å². The van der Waals surface area contributed by atoms with Gasteiger partial charge >= 0.3 is 0 Å². The van der Waals surface area contributed by atoms with E-state index in [2.05, 4.69) is 31.1 Å². The lowest BCUT2D eigenvalue weighted by Gasteiger charge is -2.18. The SMILES string of the molecule is CC(C)(C)CNCCc1cccc2[nH]cc(S(=O)(=O)c3cccc(F)c3)c12.